The topological polar surface area (TPSA) is 90.0 Å². The number of sulfonamides is 1. The zero-order valence-electron chi connectivity index (χ0n) is 10.1. The van der Waals surface area contributed by atoms with Gasteiger partial charge in [-0.3, -0.25) is 9.40 Å². The van der Waals surface area contributed by atoms with E-state index in [2.05, 4.69) is 9.82 Å². The lowest BCUT2D eigenvalue weighted by Gasteiger charge is -2.09. The van der Waals surface area contributed by atoms with Crippen LogP contribution in [0.2, 0.25) is 0 Å². The van der Waals surface area contributed by atoms with E-state index < -0.39 is 10.0 Å². The molecule has 0 fully saturated rings. The molecular formula is C11H14N4O2S. The molecule has 0 saturated heterocycles. The van der Waals surface area contributed by atoms with Crippen molar-refractivity contribution in [2.75, 3.05) is 10.5 Å². The molecule has 0 atom stereocenters. The Hall–Kier alpha value is -2.02. The minimum absolute atomic E-state index is 0.117. The van der Waals surface area contributed by atoms with Crippen LogP contribution < -0.4 is 10.5 Å². The van der Waals surface area contributed by atoms with Gasteiger partial charge in [-0.2, -0.15) is 5.10 Å². The number of benzene rings is 1. The Morgan fingerprint density at radius 1 is 1.39 bits per heavy atom. The molecule has 18 heavy (non-hydrogen) atoms. The van der Waals surface area contributed by atoms with Crippen molar-refractivity contribution in [1.29, 1.82) is 0 Å². The second-order valence-electron chi connectivity index (χ2n) is 4.03. The van der Waals surface area contributed by atoms with E-state index in [0.717, 1.165) is 5.56 Å². The van der Waals surface area contributed by atoms with Crippen LogP contribution in [0.1, 0.15) is 5.56 Å². The fraction of sp³-hybridized carbons (Fsp3) is 0.182. The molecule has 2 aromatic rings. The summed E-state index contributed by atoms with van der Waals surface area (Å²) in [5.74, 6) is 0. The summed E-state index contributed by atoms with van der Waals surface area (Å²) < 4.78 is 28.1. The summed E-state index contributed by atoms with van der Waals surface area (Å²) in [6, 6.07) is 5.07. The summed E-state index contributed by atoms with van der Waals surface area (Å²) in [5, 5.41) is 3.84. The molecule has 96 valence electrons. The van der Waals surface area contributed by atoms with Gasteiger partial charge in [0.05, 0.1) is 11.9 Å². The predicted octanol–water partition coefficient (Wildman–Crippen LogP) is 1.11. The van der Waals surface area contributed by atoms with Gasteiger partial charge in [-0.15, -0.1) is 0 Å². The molecule has 0 bridgehead atoms. The summed E-state index contributed by atoms with van der Waals surface area (Å²) in [6.45, 7) is 1.81. The Morgan fingerprint density at radius 3 is 2.72 bits per heavy atom. The van der Waals surface area contributed by atoms with E-state index >= 15 is 0 Å². The number of aryl methyl sites for hydroxylation is 2. The van der Waals surface area contributed by atoms with E-state index in [1.54, 1.807) is 32.2 Å². The molecule has 0 aliphatic carbocycles. The maximum Gasteiger partial charge on any atom is 0.265 e. The molecule has 0 unspecified atom stereocenters. The van der Waals surface area contributed by atoms with Crippen LogP contribution in [0.15, 0.2) is 35.5 Å². The molecule has 0 aliphatic heterocycles. The number of hydrogen-bond donors (Lipinski definition) is 2. The molecule has 7 heteroatoms. The first-order valence-electron chi connectivity index (χ1n) is 5.26. The van der Waals surface area contributed by atoms with E-state index in [9.17, 15) is 8.42 Å². The molecule has 1 heterocycles. The van der Waals surface area contributed by atoms with Crippen molar-refractivity contribution in [1.82, 2.24) is 9.78 Å². The van der Waals surface area contributed by atoms with Crippen LogP contribution in [0.25, 0.3) is 0 Å². The standard InChI is InChI=1S/C11H14N4O2S/c1-8-3-4-9(12)5-11(8)14-18(16,17)10-6-13-15(2)7-10/h3-7,14H,12H2,1-2H3. The molecular weight excluding hydrogens is 252 g/mol. The first-order chi connectivity index (χ1) is 8.38. The van der Waals surface area contributed by atoms with Gasteiger partial charge in [0.1, 0.15) is 4.90 Å². The highest BCUT2D eigenvalue weighted by Crippen LogP contribution is 2.21. The largest absolute Gasteiger partial charge is 0.399 e. The molecule has 0 aliphatic rings. The minimum Gasteiger partial charge on any atom is -0.399 e. The van der Waals surface area contributed by atoms with Gasteiger partial charge in [0, 0.05) is 18.9 Å². The molecule has 1 aromatic carbocycles. The van der Waals surface area contributed by atoms with Gasteiger partial charge in [0.2, 0.25) is 0 Å². The van der Waals surface area contributed by atoms with Crippen molar-refractivity contribution in [3.05, 3.63) is 36.2 Å². The van der Waals surface area contributed by atoms with Crippen LogP contribution >= 0.6 is 0 Å². The van der Waals surface area contributed by atoms with Crippen molar-refractivity contribution in [2.24, 2.45) is 7.05 Å². The Balaban J connectivity index is 2.36. The molecule has 0 saturated carbocycles. The molecule has 0 spiro atoms. The summed E-state index contributed by atoms with van der Waals surface area (Å²) in [5.41, 5.74) is 7.42. The van der Waals surface area contributed by atoms with Crippen LogP contribution in [0.5, 0.6) is 0 Å². The van der Waals surface area contributed by atoms with Gasteiger partial charge in [-0.1, -0.05) is 6.07 Å². The van der Waals surface area contributed by atoms with Crippen molar-refractivity contribution >= 4 is 21.4 Å². The normalized spacial score (nSPS) is 11.4. The average Bonchev–Trinajstić information content (AvgIpc) is 2.71. The fourth-order valence-electron chi connectivity index (χ4n) is 1.49. The van der Waals surface area contributed by atoms with Crippen LogP contribution in [0.3, 0.4) is 0 Å². The predicted molar refractivity (Wildman–Crippen MR) is 69.6 cm³/mol. The van der Waals surface area contributed by atoms with E-state index in [-0.39, 0.29) is 4.90 Å². The first-order valence-corrected chi connectivity index (χ1v) is 6.74. The monoisotopic (exact) mass is 266 g/mol. The van der Waals surface area contributed by atoms with E-state index in [1.807, 2.05) is 0 Å². The number of rotatable bonds is 3. The summed E-state index contributed by atoms with van der Waals surface area (Å²) in [7, 11) is -1.96. The molecule has 0 radical (unpaired) electrons. The number of nitrogen functional groups attached to an aromatic ring is 1. The smallest absolute Gasteiger partial charge is 0.265 e. The summed E-state index contributed by atoms with van der Waals surface area (Å²) in [6.07, 6.45) is 2.73. The van der Waals surface area contributed by atoms with Crippen molar-refractivity contribution in [3.63, 3.8) is 0 Å². The number of hydrogen-bond acceptors (Lipinski definition) is 4. The van der Waals surface area contributed by atoms with Crippen LogP contribution in [-0.2, 0) is 17.1 Å². The average molecular weight is 266 g/mol. The molecule has 0 amide bonds. The highest BCUT2D eigenvalue weighted by Gasteiger charge is 2.17. The molecule has 1 aromatic heterocycles. The molecule has 3 N–H and O–H groups in total. The minimum atomic E-state index is -3.62. The number of nitrogens with two attached hydrogens (primary N) is 1. The van der Waals surface area contributed by atoms with Gasteiger partial charge >= 0.3 is 0 Å². The maximum absolute atomic E-state index is 12.1. The Labute approximate surface area is 105 Å². The van der Waals surface area contributed by atoms with Crippen molar-refractivity contribution in [3.8, 4) is 0 Å². The van der Waals surface area contributed by atoms with Gasteiger partial charge in [-0.05, 0) is 24.6 Å². The third kappa shape index (κ3) is 2.45. The Morgan fingerprint density at radius 2 is 2.11 bits per heavy atom. The summed E-state index contributed by atoms with van der Waals surface area (Å²) >= 11 is 0. The number of anilines is 2. The van der Waals surface area contributed by atoms with Crippen LogP contribution in [0.4, 0.5) is 11.4 Å². The lowest BCUT2D eigenvalue weighted by molar-refractivity contribution is 0.601. The van der Waals surface area contributed by atoms with Gasteiger partial charge < -0.3 is 5.73 Å². The van der Waals surface area contributed by atoms with Crippen molar-refractivity contribution < 1.29 is 8.42 Å². The third-order valence-electron chi connectivity index (χ3n) is 2.50. The zero-order valence-corrected chi connectivity index (χ0v) is 10.9. The van der Waals surface area contributed by atoms with E-state index in [0.29, 0.717) is 11.4 Å². The van der Waals surface area contributed by atoms with Gasteiger partial charge in [-0.25, -0.2) is 8.42 Å². The highest BCUT2D eigenvalue weighted by atomic mass is 32.2. The maximum atomic E-state index is 12.1. The van der Waals surface area contributed by atoms with Crippen molar-refractivity contribution in [2.45, 2.75) is 11.8 Å². The second-order valence-corrected chi connectivity index (χ2v) is 5.71. The Bertz CT molecular complexity index is 676. The Kier molecular flexibility index (Phi) is 3.00. The van der Waals surface area contributed by atoms with Crippen LogP contribution in [-0.4, -0.2) is 18.2 Å². The lowest BCUT2D eigenvalue weighted by Crippen LogP contribution is -2.13. The molecule has 2 rings (SSSR count). The number of nitrogens with zero attached hydrogens (tertiary/aromatic N) is 2. The van der Waals surface area contributed by atoms with Crippen LogP contribution in [0, 0.1) is 6.92 Å². The first kappa shape index (κ1) is 12.4. The fourth-order valence-corrected chi connectivity index (χ4v) is 2.60. The third-order valence-corrected chi connectivity index (χ3v) is 3.82. The van der Waals surface area contributed by atoms with Gasteiger partial charge in [0.15, 0.2) is 0 Å². The van der Waals surface area contributed by atoms with E-state index in [4.69, 9.17) is 5.73 Å². The second kappa shape index (κ2) is 4.34. The number of nitrogens with one attached hydrogen (secondary N) is 1. The quantitative estimate of drug-likeness (QED) is 0.814. The lowest BCUT2D eigenvalue weighted by atomic mass is 10.2. The molecule has 6 nitrogen and oxygen atoms in total. The highest BCUT2D eigenvalue weighted by molar-refractivity contribution is 7.92. The summed E-state index contributed by atoms with van der Waals surface area (Å²) in [4.78, 5) is 0.117. The number of aromatic nitrogens is 2. The van der Waals surface area contributed by atoms with Gasteiger partial charge in [0.25, 0.3) is 10.0 Å². The zero-order chi connectivity index (χ0) is 13.3. The SMILES string of the molecule is Cc1ccc(N)cc1NS(=O)(=O)c1cnn(C)c1. The van der Waals surface area contributed by atoms with E-state index in [1.165, 1.54) is 17.1 Å².